The van der Waals surface area contributed by atoms with Crippen molar-refractivity contribution in [1.82, 2.24) is 10.2 Å². The van der Waals surface area contributed by atoms with E-state index in [1.807, 2.05) is 20.8 Å². The molecule has 4 nitrogen and oxygen atoms in total. The van der Waals surface area contributed by atoms with Crippen LogP contribution < -0.4 is 5.32 Å². The van der Waals surface area contributed by atoms with Crippen LogP contribution in [0.5, 0.6) is 0 Å². The molecule has 3 atom stereocenters. The molecule has 2 saturated heterocycles. The monoisotopic (exact) mass is 212 g/mol. The standard InChI is InChI=1S/C11H20N2O2/c1-11(2,3)15-10(14)12-9-7-13-5-4-8(9)6-13/h8-9H,4-7H2,1-3H3,(H,12,14)/t8-,9-/m0/s1. The molecule has 4 heteroatoms. The summed E-state index contributed by atoms with van der Waals surface area (Å²) in [4.78, 5) is 13.9. The van der Waals surface area contributed by atoms with Crippen molar-refractivity contribution in [3.8, 4) is 0 Å². The van der Waals surface area contributed by atoms with Gasteiger partial charge in [0.05, 0.1) is 0 Å². The Hall–Kier alpha value is -0.770. The number of nitrogens with zero attached hydrogens (tertiary/aromatic N) is 1. The molecule has 0 saturated carbocycles. The van der Waals surface area contributed by atoms with Crippen molar-refractivity contribution in [3.05, 3.63) is 0 Å². The van der Waals surface area contributed by atoms with Crippen LogP contribution in [0.4, 0.5) is 4.79 Å². The van der Waals surface area contributed by atoms with Crippen molar-refractivity contribution in [2.75, 3.05) is 19.6 Å². The predicted molar refractivity (Wildman–Crippen MR) is 57.7 cm³/mol. The van der Waals surface area contributed by atoms with Crippen LogP contribution in [0.15, 0.2) is 0 Å². The van der Waals surface area contributed by atoms with Gasteiger partial charge in [0.1, 0.15) is 5.60 Å². The maximum absolute atomic E-state index is 11.5. The van der Waals surface area contributed by atoms with E-state index in [2.05, 4.69) is 10.2 Å². The summed E-state index contributed by atoms with van der Waals surface area (Å²) in [6, 6.07) is 0.300. The largest absolute Gasteiger partial charge is 0.444 e. The van der Waals surface area contributed by atoms with E-state index in [4.69, 9.17) is 4.74 Å². The highest BCUT2D eigenvalue weighted by atomic mass is 16.6. The topological polar surface area (TPSA) is 41.6 Å². The fraction of sp³-hybridized carbons (Fsp3) is 0.909. The number of ether oxygens (including phenoxy) is 1. The van der Waals surface area contributed by atoms with Crippen LogP contribution in [-0.2, 0) is 4.74 Å². The number of fused-ring (bicyclic) bond motifs is 2. The van der Waals surface area contributed by atoms with Crippen molar-refractivity contribution < 1.29 is 9.53 Å². The minimum Gasteiger partial charge on any atom is -0.444 e. The predicted octanol–water partition coefficient (Wildman–Crippen LogP) is 1.22. The average molecular weight is 212 g/mol. The van der Waals surface area contributed by atoms with E-state index in [1.54, 1.807) is 0 Å². The summed E-state index contributed by atoms with van der Waals surface area (Å²) in [5, 5.41) is 2.96. The Morgan fingerprint density at radius 2 is 2.13 bits per heavy atom. The van der Waals surface area contributed by atoms with Gasteiger partial charge in [0.25, 0.3) is 0 Å². The fourth-order valence-electron chi connectivity index (χ4n) is 2.41. The molecule has 2 aliphatic heterocycles. The van der Waals surface area contributed by atoms with Gasteiger partial charge in [0, 0.05) is 19.1 Å². The highest BCUT2D eigenvalue weighted by molar-refractivity contribution is 5.68. The van der Waals surface area contributed by atoms with E-state index in [0.717, 1.165) is 13.1 Å². The molecular formula is C11H20N2O2. The van der Waals surface area contributed by atoms with Gasteiger partial charge in [0.2, 0.25) is 0 Å². The molecule has 0 aromatic heterocycles. The molecule has 2 rings (SSSR count). The van der Waals surface area contributed by atoms with Gasteiger partial charge < -0.3 is 15.0 Å². The average Bonchev–Trinajstić information content (AvgIpc) is 2.60. The van der Waals surface area contributed by atoms with Gasteiger partial charge in [0.15, 0.2) is 0 Å². The highest BCUT2D eigenvalue weighted by Crippen LogP contribution is 2.27. The van der Waals surface area contributed by atoms with Gasteiger partial charge in [-0.15, -0.1) is 0 Å². The number of alkyl carbamates (subject to hydrolysis) is 1. The SMILES string of the molecule is CC(C)(C)OC(=O)N[C@H]1CN2CC[C@H]1C2. The Labute approximate surface area is 91.0 Å². The van der Waals surface area contributed by atoms with Crippen molar-refractivity contribution in [3.63, 3.8) is 0 Å². The molecule has 2 bridgehead atoms. The Kier molecular flexibility index (Phi) is 2.63. The molecule has 0 aliphatic carbocycles. The minimum atomic E-state index is -0.401. The van der Waals surface area contributed by atoms with Crippen LogP contribution in [0.25, 0.3) is 0 Å². The fourth-order valence-corrected chi connectivity index (χ4v) is 2.41. The van der Waals surface area contributed by atoms with E-state index in [1.165, 1.54) is 13.0 Å². The van der Waals surface area contributed by atoms with E-state index in [0.29, 0.717) is 12.0 Å². The third-order valence-electron chi connectivity index (χ3n) is 3.03. The number of amides is 1. The molecule has 2 aliphatic rings. The molecule has 1 amide bonds. The van der Waals surface area contributed by atoms with Gasteiger partial charge >= 0.3 is 6.09 Å². The Balaban J connectivity index is 1.80. The zero-order valence-corrected chi connectivity index (χ0v) is 9.75. The summed E-state index contributed by atoms with van der Waals surface area (Å²) in [6.45, 7) is 8.98. The molecule has 1 unspecified atom stereocenters. The number of hydrogen-bond donors (Lipinski definition) is 1. The van der Waals surface area contributed by atoms with Crippen LogP contribution in [0, 0.1) is 5.92 Å². The second-order valence-electron chi connectivity index (χ2n) is 5.56. The van der Waals surface area contributed by atoms with Crippen molar-refractivity contribution in [2.45, 2.75) is 38.8 Å². The molecule has 15 heavy (non-hydrogen) atoms. The maximum atomic E-state index is 11.5. The third-order valence-corrected chi connectivity index (χ3v) is 3.03. The quantitative estimate of drug-likeness (QED) is 0.710. The maximum Gasteiger partial charge on any atom is 0.407 e. The Morgan fingerprint density at radius 3 is 2.60 bits per heavy atom. The van der Waals surface area contributed by atoms with Crippen LogP contribution in [0.3, 0.4) is 0 Å². The first-order valence-corrected chi connectivity index (χ1v) is 5.66. The zero-order chi connectivity index (χ0) is 11.1. The van der Waals surface area contributed by atoms with E-state index < -0.39 is 5.60 Å². The lowest BCUT2D eigenvalue weighted by molar-refractivity contribution is 0.0489. The molecule has 0 aromatic rings. The molecule has 2 heterocycles. The van der Waals surface area contributed by atoms with Gasteiger partial charge in [-0.2, -0.15) is 0 Å². The van der Waals surface area contributed by atoms with Gasteiger partial charge in [-0.1, -0.05) is 0 Å². The van der Waals surface area contributed by atoms with Gasteiger partial charge in [-0.3, -0.25) is 0 Å². The Bertz CT molecular complexity index is 260. The summed E-state index contributed by atoms with van der Waals surface area (Å²) >= 11 is 0. The van der Waals surface area contributed by atoms with Crippen molar-refractivity contribution >= 4 is 6.09 Å². The molecular weight excluding hydrogens is 192 g/mol. The first kappa shape index (κ1) is 10.7. The number of piperidine rings is 1. The Morgan fingerprint density at radius 1 is 1.40 bits per heavy atom. The first-order valence-electron chi connectivity index (χ1n) is 5.66. The highest BCUT2D eigenvalue weighted by Gasteiger charge is 2.39. The lowest BCUT2D eigenvalue weighted by atomic mass is 10.0. The summed E-state index contributed by atoms with van der Waals surface area (Å²) in [5.74, 6) is 0.637. The summed E-state index contributed by atoms with van der Waals surface area (Å²) in [7, 11) is 0. The molecule has 86 valence electrons. The molecule has 0 spiro atoms. The molecule has 0 aromatic carbocycles. The van der Waals surface area contributed by atoms with Crippen molar-refractivity contribution in [2.24, 2.45) is 5.92 Å². The lowest BCUT2D eigenvalue weighted by Gasteiger charge is -2.25. The van der Waals surface area contributed by atoms with Crippen LogP contribution in [0.1, 0.15) is 27.2 Å². The number of nitrogens with one attached hydrogen (secondary N) is 1. The first-order chi connectivity index (χ1) is 6.94. The third kappa shape index (κ3) is 2.62. The van der Waals surface area contributed by atoms with Gasteiger partial charge in [-0.05, 0) is 39.7 Å². The van der Waals surface area contributed by atoms with E-state index in [-0.39, 0.29) is 6.09 Å². The normalized spacial score (nSPS) is 34.2. The lowest BCUT2D eigenvalue weighted by Crippen LogP contribution is -2.45. The molecule has 1 N–H and O–H groups in total. The second kappa shape index (κ2) is 3.67. The van der Waals surface area contributed by atoms with Crippen molar-refractivity contribution in [1.29, 1.82) is 0 Å². The second-order valence-corrected chi connectivity index (χ2v) is 5.56. The summed E-state index contributed by atoms with van der Waals surface area (Å²) in [6.07, 6.45) is 0.932. The van der Waals surface area contributed by atoms with Gasteiger partial charge in [-0.25, -0.2) is 4.79 Å². The minimum absolute atomic E-state index is 0.277. The van der Waals surface area contributed by atoms with Crippen LogP contribution in [-0.4, -0.2) is 42.3 Å². The smallest absolute Gasteiger partial charge is 0.407 e. The number of carbonyl (C=O) groups excluding carboxylic acids is 1. The molecule has 2 fully saturated rings. The summed E-state index contributed by atoms with van der Waals surface area (Å²) < 4.78 is 5.24. The van der Waals surface area contributed by atoms with Crippen LogP contribution in [0.2, 0.25) is 0 Å². The summed E-state index contributed by atoms with van der Waals surface area (Å²) in [5.41, 5.74) is -0.401. The number of carbonyl (C=O) groups is 1. The molecule has 0 radical (unpaired) electrons. The number of hydrogen-bond acceptors (Lipinski definition) is 3. The van der Waals surface area contributed by atoms with E-state index >= 15 is 0 Å². The van der Waals surface area contributed by atoms with E-state index in [9.17, 15) is 4.79 Å². The van der Waals surface area contributed by atoms with Crippen LogP contribution >= 0.6 is 0 Å². The number of rotatable bonds is 1. The zero-order valence-electron chi connectivity index (χ0n) is 9.75.